The van der Waals surface area contributed by atoms with Gasteiger partial charge in [0.2, 0.25) is 11.9 Å². The molecule has 0 radical (unpaired) electrons. The van der Waals surface area contributed by atoms with Gasteiger partial charge < -0.3 is 10.6 Å². The Morgan fingerprint density at radius 2 is 1.85 bits per heavy atom. The van der Waals surface area contributed by atoms with Crippen molar-refractivity contribution in [3.05, 3.63) is 89.2 Å². The summed E-state index contributed by atoms with van der Waals surface area (Å²) in [5.41, 5.74) is 4.81. The monoisotopic (exact) mass is 443 g/mol. The molecule has 3 aromatic rings. The zero-order valence-electron chi connectivity index (χ0n) is 19.3. The maximum absolute atomic E-state index is 13.0. The molecule has 2 aromatic carbocycles. The van der Waals surface area contributed by atoms with Gasteiger partial charge in [-0.2, -0.15) is 0 Å². The number of amides is 2. The Balaban J connectivity index is 1.85. The maximum Gasteiger partial charge on any atom is 0.258 e. The Bertz CT molecular complexity index is 1160. The average Bonchev–Trinajstić information content (AvgIpc) is 2.79. The highest BCUT2D eigenvalue weighted by atomic mass is 16.2. The Morgan fingerprint density at radius 1 is 1.03 bits per heavy atom. The van der Waals surface area contributed by atoms with E-state index in [1.165, 1.54) is 12.5 Å². The predicted molar refractivity (Wildman–Crippen MR) is 132 cm³/mol. The number of benzene rings is 2. The van der Waals surface area contributed by atoms with Crippen molar-refractivity contribution in [2.45, 2.75) is 40.2 Å². The van der Waals surface area contributed by atoms with E-state index in [0.717, 1.165) is 16.8 Å². The van der Waals surface area contributed by atoms with Crippen LogP contribution in [0.3, 0.4) is 0 Å². The lowest BCUT2D eigenvalue weighted by Crippen LogP contribution is -2.36. The molecule has 3 N–H and O–H groups in total. The smallest absolute Gasteiger partial charge is 0.258 e. The van der Waals surface area contributed by atoms with Crippen LogP contribution in [0.15, 0.2) is 72.0 Å². The number of nitrogens with zero attached hydrogens (tertiary/aromatic N) is 2. The fraction of sp³-hybridized carbons (Fsp3) is 0.231. The average molecular weight is 444 g/mol. The summed E-state index contributed by atoms with van der Waals surface area (Å²) in [6, 6.07) is 16.9. The quantitative estimate of drug-likeness (QED) is 0.374. The van der Waals surface area contributed by atoms with Crippen molar-refractivity contribution < 1.29 is 9.59 Å². The van der Waals surface area contributed by atoms with E-state index in [1.54, 1.807) is 30.6 Å². The summed E-state index contributed by atoms with van der Waals surface area (Å²) in [5.74, 6) is 0.170. The van der Waals surface area contributed by atoms with Crippen LogP contribution >= 0.6 is 0 Å². The second-order valence-electron chi connectivity index (χ2n) is 8.10. The summed E-state index contributed by atoms with van der Waals surface area (Å²) < 4.78 is 0. The van der Waals surface area contributed by atoms with Crippen LogP contribution in [0.5, 0.6) is 0 Å². The van der Waals surface area contributed by atoms with Crippen molar-refractivity contribution in [1.82, 2.24) is 10.3 Å². The molecule has 1 aromatic heterocycles. The number of aryl methyl sites for hydroxylation is 1. The van der Waals surface area contributed by atoms with Gasteiger partial charge in [-0.1, -0.05) is 38.1 Å². The van der Waals surface area contributed by atoms with Gasteiger partial charge in [0.15, 0.2) is 0 Å². The molecule has 0 fully saturated rings. The summed E-state index contributed by atoms with van der Waals surface area (Å²) in [5, 5.41) is 8.85. The molecule has 0 atom stereocenters. The largest absolute Gasteiger partial charge is 0.326 e. The highest BCUT2D eigenvalue weighted by Gasteiger charge is 2.12. The van der Waals surface area contributed by atoms with E-state index in [1.807, 2.05) is 37.3 Å². The van der Waals surface area contributed by atoms with Crippen molar-refractivity contribution in [3.63, 3.8) is 0 Å². The second-order valence-corrected chi connectivity index (χ2v) is 8.10. The van der Waals surface area contributed by atoms with E-state index in [0.29, 0.717) is 29.7 Å². The molecule has 0 aliphatic rings. The molecule has 0 spiro atoms. The molecule has 7 nitrogen and oxygen atoms in total. The molecule has 0 saturated heterocycles. The van der Waals surface area contributed by atoms with E-state index >= 15 is 0 Å². The van der Waals surface area contributed by atoms with Gasteiger partial charge in [-0.15, -0.1) is 0 Å². The van der Waals surface area contributed by atoms with Gasteiger partial charge in [-0.25, -0.2) is 4.99 Å². The number of carbonyl (C=O) groups is 2. The van der Waals surface area contributed by atoms with Crippen LogP contribution in [0, 0.1) is 6.92 Å². The maximum atomic E-state index is 13.0. The molecule has 0 bridgehead atoms. The number of pyridine rings is 1. The number of hydrogen-bond donors (Lipinski definition) is 3. The standard InChI is InChI=1S/C26H29N5O2/c1-17(2)21-8-5-9-23(13-21)30-26(28-16-20-7-6-12-27-15-20)31-25(33)22-11-10-18(3)24(14-22)29-19(4)32/h5-15,17H,16H2,1-4H3,(H,29,32)(H2,28,30,31,33). The Morgan fingerprint density at radius 3 is 2.55 bits per heavy atom. The summed E-state index contributed by atoms with van der Waals surface area (Å²) in [4.78, 5) is 33.2. The summed E-state index contributed by atoms with van der Waals surface area (Å²) in [6.45, 7) is 7.91. The molecular formula is C26H29N5O2. The Hall–Kier alpha value is -4.00. The number of carbonyl (C=O) groups excluding carboxylic acids is 2. The zero-order chi connectivity index (χ0) is 23.8. The minimum absolute atomic E-state index is 0.193. The zero-order valence-corrected chi connectivity index (χ0v) is 19.3. The molecule has 7 heteroatoms. The first kappa shape index (κ1) is 23.7. The van der Waals surface area contributed by atoms with E-state index in [2.05, 4.69) is 45.8 Å². The summed E-state index contributed by atoms with van der Waals surface area (Å²) >= 11 is 0. The number of aromatic nitrogens is 1. The van der Waals surface area contributed by atoms with E-state index in [-0.39, 0.29) is 11.8 Å². The van der Waals surface area contributed by atoms with Crippen LogP contribution in [-0.4, -0.2) is 22.8 Å². The predicted octanol–water partition coefficient (Wildman–Crippen LogP) is 4.87. The van der Waals surface area contributed by atoms with Gasteiger partial charge in [0, 0.05) is 36.3 Å². The fourth-order valence-corrected chi connectivity index (χ4v) is 3.15. The Labute approximate surface area is 194 Å². The number of guanidine groups is 1. The van der Waals surface area contributed by atoms with Gasteiger partial charge in [0.25, 0.3) is 5.91 Å². The van der Waals surface area contributed by atoms with Gasteiger partial charge in [0.05, 0.1) is 6.54 Å². The molecule has 0 aliphatic carbocycles. The third kappa shape index (κ3) is 7.00. The molecule has 170 valence electrons. The van der Waals surface area contributed by atoms with Gasteiger partial charge in [0.1, 0.15) is 0 Å². The minimum atomic E-state index is -0.334. The van der Waals surface area contributed by atoms with Gasteiger partial charge >= 0.3 is 0 Å². The fourth-order valence-electron chi connectivity index (χ4n) is 3.15. The van der Waals surface area contributed by atoms with Crippen LogP contribution in [0.4, 0.5) is 11.4 Å². The minimum Gasteiger partial charge on any atom is -0.326 e. The summed E-state index contributed by atoms with van der Waals surface area (Å²) in [6.07, 6.45) is 3.44. The molecular weight excluding hydrogens is 414 g/mol. The lowest BCUT2D eigenvalue weighted by Gasteiger charge is -2.15. The van der Waals surface area contributed by atoms with Crippen LogP contribution < -0.4 is 16.0 Å². The number of hydrogen-bond acceptors (Lipinski definition) is 4. The van der Waals surface area contributed by atoms with Gasteiger partial charge in [-0.05, 0) is 59.9 Å². The van der Waals surface area contributed by atoms with Crippen LogP contribution in [0.2, 0.25) is 0 Å². The molecule has 2 amide bonds. The van der Waals surface area contributed by atoms with Crippen molar-refractivity contribution in [2.75, 3.05) is 10.6 Å². The van der Waals surface area contributed by atoms with Crippen molar-refractivity contribution >= 4 is 29.1 Å². The van der Waals surface area contributed by atoms with Gasteiger partial charge in [-0.3, -0.25) is 19.9 Å². The highest BCUT2D eigenvalue weighted by Crippen LogP contribution is 2.19. The molecule has 1 heterocycles. The van der Waals surface area contributed by atoms with Crippen LogP contribution in [0.25, 0.3) is 0 Å². The first-order chi connectivity index (χ1) is 15.8. The number of rotatable bonds is 6. The SMILES string of the molecule is CC(=O)Nc1cc(C(=O)NC(=NCc2cccnc2)Nc2cccc(C(C)C)c2)ccc1C. The third-order valence-electron chi connectivity index (χ3n) is 5.00. The normalized spacial score (nSPS) is 11.2. The first-order valence-corrected chi connectivity index (χ1v) is 10.8. The van der Waals surface area contributed by atoms with Crippen molar-refractivity contribution in [2.24, 2.45) is 4.99 Å². The van der Waals surface area contributed by atoms with E-state index in [9.17, 15) is 9.59 Å². The molecule has 3 rings (SSSR count). The lowest BCUT2D eigenvalue weighted by molar-refractivity contribution is -0.114. The highest BCUT2D eigenvalue weighted by molar-refractivity contribution is 6.10. The van der Waals surface area contributed by atoms with Crippen LogP contribution in [0.1, 0.15) is 53.7 Å². The van der Waals surface area contributed by atoms with E-state index < -0.39 is 0 Å². The number of aliphatic imine (C=N–C) groups is 1. The Kier molecular flexibility index (Phi) is 7.91. The molecule has 0 saturated carbocycles. The molecule has 0 aliphatic heterocycles. The molecule has 33 heavy (non-hydrogen) atoms. The van der Waals surface area contributed by atoms with Crippen molar-refractivity contribution in [3.8, 4) is 0 Å². The third-order valence-corrected chi connectivity index (χ3v) is 5.00. The summed E-state index contributed by atoms with van der Waals surface area (Å²) in [7, 11) is 0. The number of nitrogens with one attached hydrogen (secondary N) is 3. The van der Waals surface area contributed by atoms with Crippen LogP contribution in [-0.2, 0) is 11.3 Å². The van der Waals surface area contributed by atoms with E-state index in [4.69, 9.17) is 0 Å². The second kappa shape index (κ2) is 11.0. The number of anilines is 2. The molecule has 0 unspecified atom stereocenters. The first-order valence-electron chi connectivity index (χ1n) is 10.8. The topological polar surface area (TPSA) is 95.5 Å². The lowest BCUT2D eigenvalue weighted by atomic mass is 10.0. The van der Waals surface area contributed by atoms with Crippen molar-refractivity contribution in [1.29, 1.82) is 0 Å².